The Bertz CT molecular complexity index is 693. The van der Waals surface area contributed by atoms with E-state index in [2.05, 4.69) is 20.3 Å². The highest BCUT2D eigenvalue weighted by atomic mass is 32.1. The summed E-state index contributed by atoms with van der Waals surface area (Å²) in [5, 5.41) is 10.8. The van der Waals surface area contributed by atoms with Gasteiger partial charge >= 0.3 is 0 Å². The van der Waals surface area contributed by atoms with Gasteiger partial charge in [-0.2, -0.15) is 5.10 Å². The van der Waals surface area contributed by atoms with Crippen molar-refractivity contribution in [3.05, 3.63) is 20.5 Å². The summed E-state index contributed by atoms with van der Waals surface area (Å²) in [4.78, 5) is 18.7. The highest BCUT2D eigenvalue weighted by molar-refractivity contribution is 7.73. The maximum atomic E-state index is 12.3. The van der Waals surface area contributed by atoms with Gasteiger partial charge in [-0.05, 0) is 38.5 Å². The zero-order chi connectivity index (χ0) is 15.5. The fraction of sp³-hybridized carbons (Fsp3) is 0.538. The number of hydrogen-bond donors (Lipinski definition) is 1. The number of piperidine rings is 1. The van der Waals surface area contributed by atoms with Gasteiger partial charge in [0.1, 0.15) is 5.01 Å². The van der Waals surface area contributed by atoms with Gasteiger partial charge in [0.05, 0.1) is 12.6 Å². The maximum absolute atomic E-state index is 12.3. The molecule has 0 radical (unpaired) electrons. The van der Waals surface area contributed by atoms with Crippen LogP contribution in [0.25, 0.3) is 0 Å². The number of amides is 1. The summed E-state index contributed by atoms with van der Waals surface area (Å²) in [6.45, 7) is 4.32. The summed E-state index contributed by atoms with van der Waals surface area (Å²) >= 11 is 8.27. The van der Waals surface area contributed by atoms with Gasteiger partial charge in [-0.1, -0.05) is 11.3 Å². The molecule has 0 aromatic carbocycles. The molecule has 9 heteroatoms. The maximum Gasteiger partial charge on any atom is 0.230 e. The molecule has 1 fully saturated rings. The lowest BCUT2D eigenvalue weighted by Gasteiger charge is -2.31. The summed E-state index contributed by atoms with van der Waals surface area (Å²) in [7, 11) is 0. The zero-order valence-electron chi connectivity index (χ0n) is 12.2. The molecule has 1 aliphatic heterocycles. The second-order valence-electron chi connectivity index (χ2n) is 5.27. The molecule has 3 rings (SSSR count). The van der Waals surface area contributed by atoms with Gasteiger partial charge in [-0.15, -0.1) is 11.3 Å². The Balaban J connectivity index is 1.60. The summed E-state index contributed by atoms with van der Waals surface area (Å²) in [5.41, 5.74) is 0. The molecule has 118 valence electrons. The highest BCUT2D eigenvalue weighted by Gasteiger charge is 2.26. The van der Waals surface area contributed by atoms with E-state index < -0.39 is 0 Å². The van der Waals surface area contributed by atoms with Gasteiger partial charge in [0.25, 0.3) is 0 Å². The molecule has 2 aromatic rings. The fourth-order valence-corrected chi connectivity index (χ4v) is 4.17. The molecular formula is C13H17N5OS3. The first-order chi connectivity index (χ1) is 10.6. The van der Waals surface area contributed by atoms with Gasteiger partial charge in [0.15, 0.2) is 9.09 Å². The number of carbonyl (C=O) groups excluding carboxylic acids is 1. The van der Waals surface area contributed by atoms with Gasteiger partial charge < -0.3 is 5.32 Å². The van der Waals surface area contributed by atoms with Crippen LogP contribution in [0.4, 0.5) is 5.13 Å². The molecular weight excluding hydrogens is 338 g/mol. The van der Waals surface area contributed by atoms with E-state index in [4.69, 9.17) is 12.2 Å². The van der Waals surface area contributed by atoms with Crippen LogP contribution < -0.4 is 5.32 Å². The number of carbonyl (C=O) groups is 1. The normalized spacial score (nSPS) is 19.2. The van der Waals surface area contributed by atoms with Crippen molar-refractivity contribution in [2.45, 2.75) is 26.4 Å². The van der Waals surface area contributed by atoms with Gasteiger partial charge in [-0.25, -0.2) is 9.67 Å². The van der Waals surface area contributed by atoms with Gasteiger partial charge in [0.2, 0.25) is 5.91 Å². The van der Waals surface area contributed by atoms with Crippen LogP contribution in [-0.4, -0.2) is 38.7 Å². The molecule has 1 atom stereocenters. The van der Waals surface area contributed by atoms with Crippen LogP contribution in [0.1, 0.15) is 17.8 Å². The number of hydrogen-bond acceptors (Lipinski definition) is 7. The number of aromatic nitrogens is 3. The van der Waals surface area contributed by atoms with E-state index in [0.717, 1.165) is 34.9 Å². The standard InChI is InChI=1S/C13H17N5OS3/c1-9-16-18(13(20)22-9)8-17-5-2-3-10(7-17)11(19)15-12-14-4-6-21-12/h4,6,10H,2-3,5,7-8H2,1H3,(H,14,15,19). The van der Waals surface area contributed by atoms with E-state index >= 15 is 0 Å². The molecule has 1 amide bonds. The van der Waals surface area contributed by atoms with Crippen LogP contribution in [0.5, 0.6) is 0 Å². The lowest BCUT2D eigenvalue weighted by molar-refractivity contribution is -0.121. The van der Waals surface area contributed by atoms with Crippen molar-refractivity contribution >= 4 is 45.9 Å². The molecule has 0 saturated carbocycles. The minimum Gasteiger partial charge on any atom is -0.302 e. The summed E-state index contributed by atoms with van der Waals surface area (Å²) < 4.78 is 2.63. The van der Waals surface area contributed by atoms with Crippen LogP contribution in [0.15, 0.2) is 11.6 Å². The van der Waals surface area contributed by atoms with Crippen LogP contribution in [0.3, 0.4) is 0 Å². The predicted molar refractivity (Wildman–Crippen MR) is 90.7 cm³/mol. The molecule has 0 aliphatic carbocycles. The molecule has 0 spiro atoms. The molecule has 2 aromatic heterocycles. The van der Waals surface area contributed by atoms with Crippen molar-refractivity contribution in [3.8, 4) is 0 Å². The van der Waals surface area contributed by atoms with Crippen LogP contribution in [0.2, 0.25) is 0 Å². The predicted octanol–water partition coefficient (Wildman–Crippen LogP) is 2.75. The van der Waals surface area contributed by atoms with Crippen molar-refractivity contribution < 1.29 is 4.79 Å². The molecule has 1 saturated heterocycles. The van der Waals surface area contributed by atoms with Crippen molar-refractivity contribution in [2.75, 3.05) is 18.4 Å². The third-order valence-electron chi connectivity index (χ3n) is 3.58. The third kappa shape index (κ3) is 3.78. The van der Waals surface area contributed by atoms with E-state index in [1.807, 2.05) is 17.0 Å². The van der Waals surface area contributed by atoms with Crippen molar-refractivity contribution in [1.82, 2.24) is 19.7 Å². The minimum absolute atomic E-state index is 0.00782. The van der Waals surface area contributed by atoms with E-state index in [1.54, 1.807) is 6.20 Å². The number of likely N-dealkylation sites (tertiary alicyclic amines) is 1. The number of thiazole rings is 1. The van der Waals surface area contributed by atoms with Crippen molar-refractivity contribution in [2.24, 2.45) is 5.92 Å². The average molecular weight is 356 g/mol. The first kappa shape index (κ1) is 15.7. The lowest BCUT2D eigenvalue weighted by Crippen LogP contribution is -2.41. The molecule has 1 aliphatic rings. The first-order valence-corrected chi connectivity index (χ1v) is 9.19. The number of rotatable bonds is 4. The van der Waals surface area contributed by atoms with E-state index in [0.29, 0.717) is 11.8 Å². The van der Waals surface area contributed by atoms with E-state index in [-0.39, 0.29) is 11.8 Å². The number of aryl methyl sites for hydroxylation is 1. The lowest BCUT2D eigenvalue weighted by atomic mass is 9.97. The Morgan fingerprint density at radius 1 is 1.59 bits per heavy atom. The van der Waals surface area contributed by atoms with E-state index in [9.17, 15) is 4.79 Å². The monoisotopic (exact) mass is 355 g/mol. The van der Waals surface area contributed by atoms with Crippen LogP contribution in [0, 0.1) is 16.8 Å². The Hall–Kier alpha value is -1.16. The van der Waals surface area contributed by atoms with E-state index in [1.165, 1.54) is 22.7 Å². The molecule has 6 nitrogen and oxygen atoms in total. The van der Waals surface area contributed by atoms with Crippen molar-refractivity contribution in [1.29, 1.82) is 0 Å². The summed E-state index contributed by atoms with van der Waals surface area (Å²) in [6, 6.07) is 0. The smallest absolute Gasteiger partial charge is 0.230 e. The summed E-state index contributed by atoms with van der Waals surface area (Å²) in [6.07, 6.45) is 3.61. The SMILES string of the molecule is Cc1nn(CN2CCCC(C(=O)Nc3nccs3)C2)c(=S)s1. The van der Waals surface area contributed by atoms with Crippen LogP contribution in [-0.2, 0) is 11.5 Å². The Kier molecular flexibility index (Phi) is 4.97. The van der Waals surface area contributed by atoms with Gasteiger partial charge in [-0.3, -0.25) is 9.69 Å². The molecule has 1 unspecified atom stereocenters. The largest absolute Gasteiger partial charge is 0.302 e. The number of anilines is 1. The second-order valence-corrected chi connectivity index (χ2v) is 7.99. The number of nitrogens with one attached hydrogen (secondary N) is 1. The minimum atomic E-state index is -0.00782. The fourth-order valence-electron chi connectivity index (χ4n) is 2.58. The topological polar surface area (TPSA) is 63.1 Å². The van der Waals surface area contributed by atoms with Crippen molar-refractivity contribution in [3.63, 3.8) is 0 Å². The quantitative estimate of drug-likeness (QED) is 0.855. The Morgan fingerprint density at radius 2 is 2.45 bits per heavy atom. The highest BCUT2D eigenvalue weighted by Crippen LogP contribution is 2.20. The first-order valence-electron chi connectivity index (χ1n) is 7.09. The Morgan fingerprint density at radius 3 is 3.14 bits per heavy atom. The molecule has 22 heavy (non-hydrogen) atoms. The zero-order valence-corrected chi connectivity index (χ0v) is 14.6. The van der Waals surface area contributed by atoms with Gasteiger partial charge in [0, 0.05) is 18.1 Å². The number of nitrogens with zero attached hydrogens (tertiary/aromatic N) is 4. The Labute approximate surface area is 141 Å². The second kappa shape index (κ2) is 6.95. The third-order valence-corrected chi connectivity index (χ3v) is 5.49. The molecule has 1 N–H and O–H groups in total. The molecule has 3 heterocycles. The van der Waals surface area contributed by atoms with Crippen LogP contribution >= 0.6 is 34.9 Å². The molecule has 0 bridgehead atoms. The average Bonchev–Trinajstić information content (AvgIpc) is 3.09. The summed E-state index contributed by atoms with van der Waals surface area (Å²) in [5.74, 6) is 0.0456.